The topological polar surface area (TPSA) is 46.5 Å². The molecule has 0 aromatic heterocycles. The molecule has 0 amide bonds. The second kappa shape index (κ2) is 6.11. The first-order valence-electron chi connectivity index (χ1n) is 5.56. The summed E-state index contributed by atoms with van der Waals surface area (Å²) in [4.78, 5) is 10.8. The number of ether oxygens (including phenoxy) is 1. The number of halogens is 3. The van der Waals surface area contributed by atoms with Crippen LogP contribution in [0.2, 0.25) is 10.0 Å². The first kappa shape index (κ1) is 14.6. The molecule has 0 aliphatic heterocycles. The highest BCUT2D eigenvalue weighted by Gasteiger charge is 2.08. The molecule has 0 aliphatic carbocycles. The van der Waals surface area contributed by atoms with Gasteiger partial charge in [0.15, 0.2) is 0 Å². The third-order valence-electron chi connectivity index (χ3n) is 2.50. The van der Waals surface area contributed by atoms with E-state index in [1.807, 2.05) is 0 Å². The van der Waals surface area contributed by atoms with Crippen LogP contribution in [0.25, 0.3) is 0 Å². The number of carbonyl (C=O) groups is 1. The zero-order valence-corrected chi connectivity index (χ0v) is 11.6. The van der Waals surface area contributed by atoms with E-state index in [4.69, 9.17) is 33.0 Å². The predicted molar refractivity (Wildman–Crippen MR) is 74.2 cm³/mol. The van der Waals surface area contributed by atoms with E-state index in [1.165, 1.54) is 18.2 Å². The molecule has 2 aromatic rings. The molecule has 20 heavy (non-hydrogen) atoms. The van der Waals surface area contributed by atoms with E-state index in [9.17, 15) is 9.18 Å². The summed E-state index contributed by atoms with van der Waals surface area (Å²) in [7, 11) is 0. The van der Waals surface area contributed by atoms with Crippen LogP contribution in [0, 0.1) is 5.82 Å². The van der Waals surface area contributed by atoms with Crippen molar-refractivity contribution in [2.24, 2.45) is 0 Å². The van der Waals surface area contributed by atoms with Crippen molar-refractivity contribution in [2.75, 3.05) is 0 Å². The maximum Gasteiger partial charge on any atom is 0.335 e. The van der Waals surface area contributed by atoms with Crippen molar-refractivity contribution in [2.45, 2.75) is 6.61 Å². The Morgan fingerprint density at radius 3 is 2.55 bits per heavy atom. The zero-order valence-electron chi connectivity index (χ0n) is 10.1. The quantitative estimate of drug-likeness (QED) is 0.909. The summed E-state index contributed by atoms with van der Waals surface area (Å²) in [5.41, 5.74) is 0.284. The molecule has 0 aliphatic rings. The highest BCUT2D eigenvalue weighted by Crippen LogP contribution is 2.26. The molecular formula is C14H9Cl2FO3. The normalized spacial score (nSPS) is 10.3. The van der Waals surface area contributed by atoms with Gasteiger partial charge in [-0.15, -0.1) is 0 Å². The lowest BCUT2D eigenvalue weighted by Gasteiger charge is -2.08. The third-order valence-corrected chi connectivity index (χ3v) is 3.24. The molecule has 3 nitrogen and oxygen atoms in total. The van der Waals surface area contributed by atoms with Crippen molar-refractivity contribution in [3.8, 4) is 5.75 Å². The third kappa shape index (κ3) is 3.62. The number of aromatic carboxylic acids is 1. The van der Waals surface area contributed by atoms with E-state index < -0.39 is 11.8 Å². The van der Waals surface area contributed by atoms with E-state index >= 15 is 0 Å². The average Bonchev–Trinajstić information content (AvgIpc) is 2.39. The van der Waals surface area contributed by atoms with Crippen LogP contribution in [0.4, 0.5) is 4.39 Å². The minimum Gasteiger partial charge on any atom is -0.489 e. The number of rotatable bonds is 4. The monoisotopic (exact) mass is 314 g/mol. The van der Waals surface area contributed by atoms with Crippen LogP contribution in [-0.4, -0.2) is 11.1 Å². The maximum atomic E-state index is 13.3. The smallest absolute Gasteiger partial charge is 0.335 e. The molecule has 0 radical (unpaired) electrons. The number of hydrogen-bond acceptors (Lipinski definition) is 2. The Morgan fingerprint density at radius 2 is 1.90 bits per heavy atom. The Kier molecular flexibility index (Phi) is 4.47. The lowest BCUT2D eigenvalue weighted by Crippen LogP contribution is -2.02. The van der Waals surface area contributed by atoms with Crippen LogP contribution in [0.3, 0.4) is 0 Å². The average molecular weight is 315 g/mol. The fourth-order valence-corrected chi connectivity index (χ4v) is 1.88. The molecule has 0 spiro atoms. The van der Waals surface area contributed by atoms with Crippen LogP contribution < -0.4 is 4.74 Å². The summed E-state index contributed by atoms with van der Waals surface area (Å²) in [5, 5.41) is 9.59. The first-order chi connectivity index (χ1) is 9.45. The maximum absolute atomic E-state index is 13.3. The fraction of sp³-hybridized carbons (Fsp3) is 0.0714. The summed E-state index contributed by atoms with van der Waals surface area (Å²) in [6, 6.07) is 8.23. The van der Waals surface area contributed by atoms with Gasteiger partial charge in [-0.1, -0.05) is 23.2 Å². The van der Waals surface area contributed by atoms with Gasteiger partial charge in [0.2, 0.25) is 0 Å². The minimum atomic E-state index is -1.19. The van der Waals surface area contributed by atoms with Gasteiger partial charge in [0.05, 0.1) is 15.6 Å². The van der Waals surface area contributed by atoms with Gasteiger partial charge in [0.25, 0.3) is 0 Å². The van der Waals surface area contributed by atoms with Crippen LogP contribution >= 0.6 is 23.2 Å². The molecule has 0 saturated heterocycles. The molecule has 0 unspecified atom stereocenters. The van der Waals surface area contributed by atoms with Crippen molar-refractivity contribution in [3.63, 3.8) is 0 Å². The number of carboxylic acid groups (broad SMARTS) is 1. The largest absolute Gasteiger partial charge is 0.489 e. The van der Waals surface area contributed by atoms with Crippen molar-refractivity contribution in [1.29, 1.82) is 0 Å². The molecule has 0 bridgehead atoms. The second-order valence-corrected chi connectivity index (χ2v) is 4.83. The van der Waals surface area contributed by atoms with Crippen molar-refractivity contribution < 1.29 is 19.0 Å². The van der Waals surface area contributed by atoms with E-state index in [1.54, 1.807) is 12.1 Å². The SMILES string of the molecule is O=C(O)c1cc(F)cc(COc2ccc(Cl)c(Cl)c2)c1. The lowest BCUT2D eigenvalue weighted by atomic mass is 10.1. The van der Waals surface area contributed by atoms with Crippen LogP contribution in [0.5, 0.6) is 5.75 Å². The molecule has 0 atom stereocenters. The summed E-state index contributed by atoms with van der Waals surface area (Å²) < 4.78 is 18.7. The Hall–Kier alpha value is -1.78. The van der Waals surface area contributed by atoms with Gasteiger partial charge >= 0.3 is 5.97 Å². The van der Waals surface area contributed by atoms with Gasteiger partial charge < -0.3 is 9.84 Å². The van der Waals surface area contributed by atoms with Crippen LogP contribution in [0.15, 0.2) is 36.4 Å². The van der Waals surface area contributed by atoms with E-state index in [0.29, 0.717) is 21.4 Å². The van der Waals surface area contributed by atoms with Gasteiger partial charge in [-0.05, 0) is 35.9 Å². The number of hydrogen-bond donors (Lipinski definition) is 1. The van der Waals surface area contributed by atoms with E-state index in [0.717, 1.165) is 6.07 Å². The predicted octanol–water partition coefficient (Wildman–Crippen LogP) is 4.41. The molecule has 0 fully saturated rings. The summed E-state index contributed by atoms with van der Waals surface area (Å²) >= 11 is 11.6. The number of carboxylic acids is 1. The van der Waals surface area contributed by atoms with Gasteiger partial charge in [-0.25, -0.2) is 9.18 Å². The van der Waals surface area contributed by atoms with Gasteiger partial charge in [0.1, 0.15) is 18.2 Å². The Bertz CT molecular complexity index is 659. The molecule has 104 valence electrons. The molecule has 2 aromatic carbocycles. The molecule has 6 heteroatoms. The van der Waals surface area contributed by atoms with E-state index in [-0.39, 0.29) is 12.2 Å². The lowest BCUT2D eigenvalue weighted by molar-refractivity contribution is 0.0696. The molecular weight excluding hydrogens is 306 g/mol. The Morgan fingerprint density at radius 1 is 1.15 bits per heavy atom. The molecule has 1 N–H and O–H groups in total. The summed E-state index contributed by atoms with van der Waals surface area (Å²) in [5.74, 6) is -1.36. The van der Waals surface area contributed by atoms with Crippen LogP contribution in [0.1, 0.15) is 15.9 Å². The fourth-order valence-electron chi connectivity index (χ4n) is 1.59. The van der Waals surface area contributed by atoms with Gasteiger partial charge in [-0.2, -0.15) is 0 Å². The second-order valence-electron chi connectivity index (χ2n) is 4.02. The minimum absolute atomic E-state index is 0.0238. The Labute approximate surface area is 124 Å². The highest BCUT2D eigenvalue weighted by molar-refractivity contribution is 6.42. The highest BCUT2D eigenvalue weighted by atomic mass is 35.5. The summed E-state index contributed by atoms with van der Waals surface area (Å²) in [6.07, 6.45) is 0. The zero-order chi connectivity index (χ0) is 14.7. The molecule has 2 rings (SSSR count). The van der Waals surface area contributed by atoms with Crippen molar-refractivity contribution in [3.05, 3.63) is 63.4 Å². The standard InChI is InChI=1S/C14H9Cl2FO3/c15-12-2-1-11(6-13(12)16)20-7-8-3-9(14(18)19)5-10(17)4-8/h1-6H,7H2,(H,18,19). The first-order valence-corrected chi connectivity index (χ1v) is 6.32. The van der Waals surface area contributed by atoms with Crippen LogP contribution in [-0.2, 0) is 6.61 Å². The van der Waals surface area contributed by atoms with Crippen molar-refractivity contribution >= 4 is 29.2 Å². The van der Waals surface area contributed by atoms with Crippen molar-refractivity contribution in [1.82, 2.24) is 0 Å². The van der Waals surface area contributed by atoms with Gasteiger partial charge in [0, 0.05) is 6.07 Å². The molecule has 0 saturated carbocycles. The summed E-state index contributed by atoms with van der Waals surface area (Å²) in [6.45, 7) is 0.0238. The Balaban J connectivity index is 2.14. The van der Waals surface area contributed by atoms with E-state index in [2.05, 4.69) is 0 Å². The van der Waals surface area contributed by atoms with Gasteiger partial charge in [-0.3, -0.25) is 0 Å². The number of benzene rings is 2. The molecule has 0 heterocycles.